The summed E-state index contributed by atoms with van der Waals surface area (Å²) in [4.78, 5) is 0. The van der Waals surface area contributed by atoms with Gasteiger partial charge in [0.25, 0.3) is 0 Å². The fraction of sp³-hybridized carbons (Fsp3) is 0.375. The average molecular weight is 193 g/mol. The quantitative estimate of drug-likeness (QED) is 0.641. The molecule has 1 aliphatic carbocycles. The highest BCUT2D eigenvalue weighted by molar-refractivity contribution is 5.21. The zero-order valence-corrected chi connectivity index (χ0v) is 6.67. The van der Waals surface area contributed by atoms with Crippen LogP contribution in [0.4, 0.5) is 13.2 Å². The maximum atomic E-state index is 11.5. The molecular weight excluding hydrogens is 185 g/mol. The molecule has 5 heteroatoms. The second kappa shape index (κ2) is 4.32. The summed E-state index contributed by atoms with van der Waals surface area (Å²) >= 11 is 0. The van der Waals surface area contributed by atoms with Gasteiger partial charge in [-0.1, -0.05) is 6.08 Å². The summed E-state index contributed by atoms with van der Waals surface area (Å²) in [6.45, 7) is -0.806. The molecule has 0 amide bonds. The minimum absolute atomic E-state index is 0.395. The standard InChI is InChI=1S/C8H8F3O2/c9-8(10,11)13-6-12-7-4-2-1-3-5-7/h1-2,4-5H,3,6H2. The molecule has 0 N–H and O–H groups in total. The maximum absolute atomic E-state index is 11.5. The van der Waals surface area contributed by atoms with Crippen LogP contribution in [0.5, 0.6) is 0 Å². The minimum Gasteiger partial charge on any atom is -0.468 e. The van der Waals surface area contributed by atoms with Crippen molar-refractivity contribution in [2.24, 2.45) is 0 Å². The molecule has 0 aromatic rings. The van der Waals surface area contributed by atoms with Crippen LogP contribution in [0.1, 0.15) is 6.42 Å². The summed E-state index contributed by atoms with van der Waals surface area (Å²) in [5.74, 6) is 0.395. The number of allylic oxidation sites excluding steroid dienone is 3. The fourth-order valence-electron chi connectivity index (χ4n) is 0.765. The highest BCUT2D eigenvalue weighted by atomic mass is 19.4. The molecule has 0 aromatic heterocycles. The van der Waals surface area contributed by atoms with E-state index in [1.807, 2.05) is 6.42 Å². The van der Waals surface area contributed by atoms with Crippen LogP contribution in [-0.2, 0) is 9.47 Å². The van der Waals surface area contributed by atoms with Crippen molar-refractivity contribution in [2.45, 2.75) is 12.8 Å². The Morgan fingerprint density at radius 3 is 2.69 bits per heavy atom. The van der Waals surface area contributed by atoms with Crippen LogP contribution in [0.25, 0.3) is 0 Å². The lowest BCUT2D eigenvalue weighted by Gasteiger charge is -2.11. The van der Waals surface area contributed by atoms with Gasteiger partial charge >= 0.3 is 6.36 Å². The highest BCUT2D eigenvalue weighted by Gasteiger charge is 2.29. The van der Waals surface area contributed by atoms with Gasteiger partial charge in [-0.05, 0) is 25.0 Å². The number of rotatable bonds is 3. The Morgan fingerprint density at radius 2 is 2.15 bits per heavy atom. The van der Waals surface area contributed by atoms with E-state index in [1.165, 1.54) is 0 Å². The number of alkyl halides is 3. The molecule has 0 aromatic carbocycles. The Kier molecular flexibility index (Phi) is 3.36. The topological polar surface area (TPSA) is 18.5 Å². The van der Waals surface area contributed by atoms with Crippen molar-refractivity contribution in [1.29, 1.82) is 0 Å². The molecule has 2 nitrogen and oxygen atoms in total. The lowest BCUT2D eigenvalue weighted by Crippen LogP contribution is -2.15. The molecule has 13 heavy (non-hydrogen) atoms. The van der Waals surface area contributed by atoms with E-state index in [0.717, 1.165) is 0 Å². The average Bonchev–Trinajstić information content (AvgIpc) is 2.04. The van der Waals surface area contributed by atoms with Crippen molar-refractivity contribution < 1.29 is 22.6 Å². The Hall–Kier alpha value is -0.970. The maximum Gasteiger partial charge on any atom is 0.525 e. The van der Waals surface area contributed by atoms with Crippen LogP contribution in [0.3, 0.4) is 0 Å². The molecule has 1 radical (unpaired) electrons. The molecule has 0 fully saturated rings. The lowest BCUT2D eigenvalue weighted by molar-refractivity contribution is -0.346. The Bertz CT molecular complexity index is 218. The summed E-state index contributed by atoms with van der Waals surface area (Å²) in [5, 5.41) is 0. The Balaban J connectivity index is 2.19. The van der Waals surface area contributed by atoms with Crippen molar-refractivity contribution in [3.8, 4) is 0 Å². The summed E-state index contributed by atoms with van der Waals surface area (Å²) in [7, 11) is 0. The predicted octanol–water partition coefficient (Wildman–Crippen LogP) is 2.54. The van der Waals surface area contributed by atoms with Gasteiger partial charge in [0.15, 0.2) is 6.79 Å². The molecule has 0 unspecified atom stereocenters. The highest BCUT2D eigenvalue weighted by Crippen LogP contribution is 2.17. The number of hydrogen-bond donors (Lipinski definition) is 0. The molecule has 0 saturated heterocycles. The van der Waals surface area contributed by atoms with E-state index < -0.39 is 13.2 Å². The van der Waals surface area contributed by atoms with Gasteiger partial charge in [-0.25, -0.2) is 0 Å². The van der Waals surface area contributed by atoms with E-state index in [1.54, 1.807) is 18.2 Å². The van der Waals surface area contributed by atoms with Gasteiger partial charge in [0, 0.05) is 0 Å². The van der Waals surface area contributed by atoms with Crippen LogP contribution in [0, 0.1) is 6.42 Å². The first kappa shape index (κ1) is 10.1. The smallest absolute Gasteiger partial charge is 0.468 e. The van der Waals surface area contributed by atoms with Crippen LogP contribution in [-0.4, -0.2) is 13.2 Å². The van der Waals surface area contributed by atoms with Crippen molar-refractivity contribution in [1.82, 2.24) is 0 Å². The molecule has 0 saturated carbocycles. The van der Waals surface area contributed by atoms with Gasteiger partial charge in [-0.3, -0.25) is 4.74 Å². The lowest BCUT2D eigenvalue weighted by atomic mass is 10.2. The SMILES string of the molecule is FC(F)(F)OCOC1=CC[CH]C=C1. The summed E-state index contributed by atoms with van der Waals surface area (Å²) in [5.41, 5.74) is 0. The summed E-state index contributed by atoms with van der Waals surface area (Å²) in [6, 6.07) is 0. The largest absolute Gasteiger partial charge is 0.525 e. The molecule has 1 rings (SSSR count). The molecule has 1 aliphatic rings. The summed E-state index contributed by atoms with van der Waals surface area (Å²) < 4.78 is 42.5. The molecule has 0 aliphatic heterocycles. The first-order valence-electron chi connectivity index (χ1n) is 3.61. The van der Waals surface area contributed by atoms with Crippen LogP contribution in [0.15, 0.2) is 24.0 Å². The number of hydrogen-bond acceptors (Lipinski definition) is 2. The fourth-order valence-corrected chi connectivity index (χ4v) is 0.765. The second-order valence-corrected chi connectivity index (χ2v) is 2.29. The van der Waals surface area contributed by atoms with E-state index in [2.05, 4.69) is 9.47 Å². The van der Waals surface area contributed by atoms with Crippen LogP contribution < -0.4 is 0 Å². The molecule has 0 heterocycles. The second-order valence-electron chi connectivity index (χ2n) is 2.29. The van der Waals surface area contributed by atoms with Crippen molar-refractivity contribution >= 4 is 0 Å². The molecule has 0 bridgehead atoms. The van der Waals surface area contributed by atoms with Gasteiger partial charge in [-0.2, -0.15) is 0 Å². The first-order chi connectivity index (χ1) is 6.08. The third-order valence-electron chi connectivity index (χ3n) is 1.30. The van der Waals surface area contributed by atoms with Crippen LogP contribution >= 0.6 is 0 Å². The predicted molar refractivity (Wildman–Crippen MR) is 39.2 cm³/mol. The van der Waals surface area contributed by atoms with Gasteiger partial charge < -0.3 is 4.74 Å². The van der Waals surface area contributed by atoms with E-state index in [9.17, 15) is 13.2 Å². The van der Waals surface area contributed by atoms with Crippen molar-refractivity contribution in [2.75, 3.05) is 6.79 Å². The van der Waals surface area contributed by atoms with E-state index in [-0.39, 0.29) is 0 Å². The molecule has 73 valence electrons. The minimum atomic E-state index is -4.63. The zero-order valence-electron chi connectivity index (χ0n) is 6.67. The van der Waals surface area contributed by atoms with E-state index in [0.29, 0.717) is 12.2 Å². The normalized spacial score (nSPS) is 17.0. The monoisotopic (exact) mass is 193 g/mol. The zero-order chi connectivity index (χ0) is 9.73. The molecule has 0 spiro atoms. The van der Waals surface area contributed by atoms with Gasteiger partial charge in [0.05, 0.1) is 0 Å². The Morgan fingerprint density at radius 1 is 1.38 bits per heavy atom. The number of ether oxygens (including phenoxy) is 2. The van der Waals surface area contributed by atoms with Gasteiger partial charge in [-0.15, -0.1) is 13.2 Å². The van der Waals surface area contributed by atoms with Crippen LogP contribution in [0.2, 0.25) is 0 Å². The third-order valence-corrected chi connectivity index (χ3v) is 1.30. The van der Waals surface area contributed by atoms with Gasteiger partial charge in [0.2, 0.25) is 0 Å². The van der Waals surface area contributed by atoms with Crippen molar-refractivity contribution in [3.05, 3.63) is 30.4 Å². The van der Waals surface area contributed by atoms with E-state index >= 15 is 0 Å². The van der Waals surface area contributed by atoms with Gasteiger partial charge in [0.1, 0.15) is 5.76 Å². The Labute approximate surface area is 73.6 Å². The summed E-state index contributed by atoms with van der Waals surface area (Å²) in [6.07, 6.45) is 2.84. The van der Waals surface area contributed by atoms with E-state index in [4.69, 9.17) is 0 Å². The third kappa shape index (κ3) is 4.57. The van der Waals surface area contributed by atoms with Crippen molar-refractivity contribution in [3.63, 3.8) is 0 Å². The number of halogens is 3. The molecule has 0 atom stereocenters. The first-order valence-corrected chi connectivity index (χ1v) is 3.61. The molecular formula is C8H8F3O2.